The van der Waals surface area contributed by atoms with Crippen LogP contribution in [0, 0.1) is 11.6 Å². The van der Waals surface area contributed by atoms with Crippen molar-refractivity contribution < 1.29 is 18.3 Å². The fourth-order valence-corrected chi connectivity index (χ4v) is 2.47. The van der Waals surface area contributed by atoms with Crippen LogP contribution < -0.4 is 15.4 Å². The molecule has 0 heterocycles. The summed E-state index contributed by atoms with van der Waals surface area (Å²) in [6, 6.07) is 10.9. The fraction of sp³-hybridized carbons (Fsp3) is 0.350. The molecule has 0 spiro atoms. The molecule has 0 bridgehead atoms. The first-order valence-corrected chi connectivity index (χ1v) is 8.64. The molecule has 2 aromatic rings. The average Bonchev–Trinajstić information content (AvgIpc) is 2.64. The molecule has 2 aromatic carbocycles. The van der Waals surface area contributed by atoms with Crippen LogP contribution in [-0.2, 0) is 17.9 Å². The fourth-order valence-electron chi connectivity index (χ4n) is 2.47. The maximum absolute atomic E-state index is 13.7. The van der Waals surface area contributed by atoms with Gasteiger partial charge in [-0.25, -0.2) is 8.78 Å². The molecular formula is C20H26F2IN3O2. The zero-order valence-corrected chi connectivity index (χ0v) is 18.5. The van der Waals surface area contributed by atoms with Crippen molar-refractivity contribution in [3.05, 3.63) is 65.2 Å². The maximum Gasteiger partial charge on any atom is 0.191 e. The molecule has 2 N–H and O–H groups in total. The van der Waals surface area contributed by atoms with Gasteiger partial charge in [-0.15, -0.1) is 24.0 Å². The maximum atomic E-state index is 13.7. The van der Waals surface area contributed by atoms with Gasteiger partial charge in [-0.2, -0.15) is 0 Å². The number of ether oxygens (including phenoxy) is 2. The second-order valence-corrected chi connectivity index (χ2v) is 6.05. The number of guanidine groups is 1. The summed E-state index contributed by atoms with van der Waals surface area (Å²) in [6.07, 6.45) is -0.190. The lowest BCUT2D eigenvalue weighted by molar-refractivity contribution is 0.181. The number of nitrogens with one attached hydrogen (secondary N) is 2. The molecule has 0 amide bonds. The third-order valence-corrected chi connectivity index (χ3v) is 3.78. The monoisotopic (exact) mass is 505 g/mol. The summed E-state index contributed by atoms with van der Waals surface area (Å²) in [5.74, 6) is 0.440. The highest BCUT2D eigenvalue weighted by Gasteiger charge is 2.08. The van der Waals surface area contributed by atoms with Crippen LogP contribution in [-0.4, -0.2) is 32.8 Å². The number of hydrogen-bond donors (Lipinski definition) is 2. The molecule has 0 aromatic heterocycles. The Morgan fingerprint density at radius 1 is 1.14 bits per heavy atom. The van der Waals surface area contributed by atoms with Crippen molar-refractivity contribution in [3.63, 3.8) is 0 Å². The first-order chi connectivity index (χ1) is 13.0. The van der Waals surface area contributed by atoms with Crippen molar-refractivity contribution in [1.82, 2.24) is 10.6 Å². The van der Waals surface area contributed by atoms with Crippen LogP contribution in [0.4, 0.5) is 8.78 Å². The van der Waals surface area contributed by atoms with Crippen molar-refractivity contribution in [2.45, 2.75) is 26.2 Å². The topological polar surface area (TPSA) is 54.9 Å². The van der Waals surface area contributed by atoms with Crippen LogP contribution >= 0.6 is 24.0 Å². The molecule has 0 aliphatic rings. The van der Waals surface area contributed by atoms with Gasteiger partial charge in [-0.05, 0) is 36.8 Å². The predicted octanol–water partition coefficient (Wildman–Crippen LogP) is 3.86. The summed E-state index contributed by atoms with van der Waals surface area (Å²) in [5.41, 5.74) is 1.42. The van der Waals surface area contributed by atoms with Gasteiger partial charge in [0, 0.05) is 32.3 Å². The van der Waals surface area contributed by atoms with Crippen molar-refractivity contribution in [1.29, 1.82) is 0 Å². The molecule has 0 aliphatic heterocycles. The Kier molecular flexibility index (Phi) is 10.8. The second kappa shape index (κ2) is 12.5. The number of hydrogen-bond acceptors (Lipinski definition) is 3. The Hall–Kier alpha value is -1.94. The minimum Gasteiger partial charge on any atom is -0.489 e. The SMILES string of the molecule is CN=C(NCc1ccc(F)c(COC)c1)NCC(C)Oc1cccc(F)c1.I. The Balaban J connectivity index is 0.00000392. The number of methoxy groups -OCH3 is 1. The smallest absolute Gasteiger partial charge is 0.191 e. The lowest BCUT2D eigenvalue weighted by Crippen LogP contribution is -2.41. The van der Waals surface area contributed by atoms with E-state index in [9.17, 15) is 8.78 Å². The highest BCUT2D eigenvalue weighted by Crippen LogP contribution is 2.14. The Morgan fingerprint density at radius 2 is 1.93 bits per heavy atom. The first kappa shape index (κ1) is 24.1. The quantitative estimate of drug-likeness (QED) is 0.325. The Morgan fingerprint density at radius 3 is 2.61 bits per heavy atom. The van der Waals surface area contributed by atoms with E-state index in [1.54, 1.807) is 31.3 Å². The zero-order chi connectivity index (χ0) is 19.6. The molecule has 0 radical (unpaired) electrons. The summed E-state index contributed by atoms with van der Waals surface area (Å²) in [4.78, 5) is 4.15. The van der Waals surface area contributed by atoms with E-state index in [-0.39, 0.29) is 48.3 Å². The molecule has 1 unspecified atom stereocenters. The summed E-state index contributed by atoms with van der Waals surface area (Å²) in [7, 11) is 3.19. The van der Waals surface area contributed by atoms with E-state index >= 15 is 0 Å². The molecule has 154 valence electrons. The average molecular weight is 505 g/mol. The van der Waals surface area contributed by atoms with Crippen LogP contribution in [0.1, 0.15) is 18.1 Å². The molecule has 28 heavy (non-hydrogen) atoms. The van der Waals surface area contributed by atoms with E-state index in [4.69, 9.17) is 9.47 Å². The minimum absolute atomic E-state index is 0. The number of halogens is 3. The van der Waals surface area contributed by atoms with E-state index in [2.05, 4.69) is 15.6 Å². The largest absolute Gasteiger partial charge is 0.489 e. The van der Waals surface area contributed by atoms with Gasteiger partial charge in [-0.1, -0.05) is 12.1 Å². The van der Waals surface area contributed by atoms with Gasteiger partial charge in [0.25, 0.3) is 0 Å². The number of aliphatic imine (C=N–C) groups is 1. The van der Waals surface area contributed by atoms with Crippen molar-refractivity contribution in [2.75, 3.05) is 20.7 Å². The zero-order valence-electron chi connectivity index (χ0n) is 16.2. The van der Waals surface area contributed by atoms with Crippen LogP contribution in [0.3, 0.4) is 0 Å². The van der Waals surface area contributed by atoms with E-state index in [1.165, 1.54) is 25.3 Å². The highest BCUT2D eigenvalue weighted by atomic mass is 127. The van der Waals surface area contributed by atoms with Gasteiger partial charge in [0.1, 0.15) is 23.5 Å². The van der Waals surface area contributed by atoms with Crippen LogP contribution in [0.2, 0.25) is 0 Å². The van der Waals surface area contributed by atoms with Gasteiger partial charge in [-0.3, -0.25) is 4.99 Å². The molecule has 1 atom stereocenters. The Labute approximate surface area is 181 Å². The lowest BCUT2D eigenvalue weighted by Gasteiger charge is -2.18. The Bertz CT molecular complexity index is 775. The van der Waals surface area contributed by atoms with Gasteiger partial charge in [0.15, 0.2) is 5.96 Å². The number of benzene rings is 2. The van der Waals surface area contributed by atoms with Crippen molar-refractivity contribution in [2.24, 2.45) is 4.99 Å². The summed E-state index contributed by atoms with van der Waals surface area (Å²) >= 11 is 0. The van der Waals surface area contributed by atoms with Gasteiger partial charge in [0.2, 0.25) is 0 Å². The van der Waals surface area contributed by atoms with Gasteiger partial charge >= 0.3 is 0 Å². The molecule has 0 saturated heterocycles. The van der Waals surface area contributed by atoms with Crippen LogP contribution in [0.5, 0.6) is 5.75 Å². The molecule has 0 saturated carbocycles. The molecule has 5 nitrogen and oxygen atoms in total. The van der Waals surface area contributed by atoms with Gasteiger partial charge < -0.3 is 20.1 Å². The molecule has 2 rings (SSSR count). The minimum atomic E-state index is -0.336. The first-order valence-electron chi connectivity index (χ1n) is 8.64. The lowest BCUT2D eigenvalue weighted by atomic mass is 10.1. The summed E-state index contributed by atoms with van der Waals surface area (Å²) < 4.78 is 37.5. The normalized spacial score (nSPS) is 12.1. The van der Waals surface area contributed by atoms with E-state index in [0.717, 1.165) is 5.56 Å². The molecule has 0 fully saturated rings. The third kappa shape index (κ3) is 7.97. The van der Waals surface area contributed by atoms with E-state index < -0.39 is 0 Å². The molecule has 8 heteroatoms. The van der Waals surface area contributed by atoms with Gasteiger partial charge in [0.05, 0.1) is 13.2 Å². The summed E-state index contributed by atoms with van der Waals surface area (Å²) in [6.45, 7) is 3.06. The van der Waals surface area contributed by atoms with Crippen molar-refractivity contribution >= 4 is 29.9 Å². The van der Waals surface area contributed by atoms with E-state index in [1.807, 2.05) is 6.92 Å². The molecule has 0 aliphatic carbocycles. The third-order valence-electron chi connectivity index (χ3n) is 3.78. The molecular weight excluding hydrogens is 479 g/mol. The summed E-state index contributed by atoms with van der Waals surface area (Å²) in [5, 5.41) is 6.31. The van der Waals surface area contributed by atoms with Crippen LogP contribution in [0.15, 0.2) is 47.5 Å². The number of rotatable bonds is 8. The van der Waals surface area contributed by atoms with Crippen molar-refractivity contribution in [3.8, 4) is 5.75 Å². The standard InChI is InChI=1S/C20H25F2N3O2.HI/c1-14(27-18-6-4-5-17(21)10-18)11-24-20(23-2)25-12-15-7-8-19(22)16(9-15)13-26-3;/h4-10,14H,11-13H2,1-3H3,(H2,23,24,25);1H. The predicted molar refractivity (Wildman–Crippen MR) is 117 cm³/mol. The number of nitrogens with zero attached hydrogens (tertiary/aromatic N) is 1. The van der Waals surface area contributed by atoms with E-state index in [0.29, 0.717) is 30.4 Å². The second-order valence-electron chi connectivity index (χ2n) is 6.05. The highest BCUT2D eigenvalue weighted by molar-refractivity contribution is 14.0. The van der Waals surface area contributed by atoms with Crippen LogP contribution in [0.25, 0.3) is 0 Å².